The molecule has 0 aliphatic heterocycles. The highest BCUT2D eigenvalue weighted by molar-refractivity contribution is 7.89. The van der Waals surface area contributed by atoms with Crippen molar-refractivity contribution in [2.24, 2.45) is 5.14 Å². The van der Waals surface area contributed by atoms with Crippen molar-refractivity contribution >= 4 is 44.1 Å². The van der Waals surface area contributed by atoms with E-state index < -0.39 is 10.0 Å². The molecule has 0 spiro atoms. The molecule has 0 bridgehead atoms. The Balaban J connectivity index is 1.64. The number of rotatable bonds is 8. The van der Waals surface area contributed by atoms with E-state index in [0.29, 0.717) is 42.0 Å². The van der Waals surface area contributed by atoms with Crippen molar-refractivity contribution in [1.82, 2.24) is 4.98 Å². The molecule has 154 valence electrons. The summed E-state index contributed by atoms with van der Waals surface area (Å²) in [5.74, 6) is 0.592. The summed E-state index contributed by atoms with van der Waals surface area (Å²) in [6.07, 6.45) is 2.57. The minimum atomic E-state index is -3.79. The molecule has 0 aliphatic carbocycles. The van der Waals surface area contributed by atoms with Crippen molar-refractivity contribution in [3.63, 3.8) is 0 Å². The van der Waals surface area contributed by atoms with Crippen LogP contribution in [0.2, 0.25) is 5.02 Å². The van der Waals surface area contributed by atoms with Crippen LogP contribution in [-0.2, 0) is 22.9 Å². The Morgan fingerprint density at radius 3 is 2.62 bits per heavy atom. The molecule has 29 heavy (non-hydrogen) atoms. The van der Waals surface area contributed by atoms with Crippen LogP contribution >= 0.6 is 23.2 Å². The van der Waals surface area contributed by atoms with Crippen LogP contribution in [0.4, 0.5) is 0 Å². The molecule has 8 heteroatoms. The molecule has 1 atom stereocenters. The van der Waals surface area contributed by atoms with Crippen molar-refractivity contribution < 1.29 is 13.2 Å². The Kier molecular flexibility index (Phi) is 7.01. The van der Waals surface area contributed by atoms with Gasteiger partial charge in [0.05, 0.1) is 17.5 Å². The van der Waals surface area contributed by atoms with Gasteiger partial charge in [0, 0.05) is 27.9 Å². The summed E-state index contributed by atoms with van der Waals surface area (Å²) in [4.78, 5) is 4.75. The molecule has 0 saturated carbocycles. The van der Waals surface area contributed by atoms with Gasteiger partial charge in [-0.05, 0) is 61.2 Å². The van der Waals surface area contributed by atoms with Crippen molar-refractivity contribution in [2.75, 3.05) is 7.11 Å². The number of aryl methyl sites for hydroxylation is 1. The van der Waals surface area contributed by atoms with Crippen LogP contribution in [0.5, 0.6) is 5.75 Å². The molecule has 0 aliphatic rings. The van der Waals surface area contributed by atoms with E-state index in [9.17, 15) is 8.42 Å². The van der Waals surface area contributed by atoms with Crippen molar-refractivity contribution in [3.8, 4) is 5.75 Å². The summed E-state index contributed by atoms with van der Waals surface area (Å²) in [6.45, 7) is 0. The second-order valence-corrected chi connectivity index (χ2v) is 9.44. The number of methoxy groups -OCH3 is 1. The van der Waals surface area contributed by atoms with Crippen LogP contribution in [0.3, 0.4) is 0 Å². The normalized spacial score (nSPS) is 12.8. The third kappa shape index (κ3) is 5.82. The molecule has 3 rings (SSSR count). The molecule has 3 aromatic rings. The van der Waals surface area contributed by atoms with Crippen molar-refractivity contribution in [1.29, 1.82) is 0 Å². The average Bonchev–Trinajstić information content (AvgIpc) is 2.66. The molecule has 0 radical (unpaired) electrons. The van der Waals surface area contributed by atoms with E-state index in [-0.39, 0.29) is 10.3 Å². The van der Waals surface area contributed by atoms with Gasteiger partial charge in [-0.1, -0.05) is 23.7 Å². The largest absolute Gasteiger partial charge is 0.497 e. The number of halogens is 2. The summed E-state index contributed by atoms with van der Waals surface area (Å²) in [6, 6.07) is 14.3. The number of hydrogen-bond donors (Lipinski definition) is 1. The number of sulfonamides is 1. The lowest BCUT2D eigenvalue weighted by atomic mass is 10.0. The number of aromatic nitrogens is 1. The second kappa shape index (κ2) is 9.30. The standard InChI is InChI=1S/C21H22Cl2N2O3S/c1-28-19-9-10-21(29(24,26)27)15(11-19)3-2-4-16(22)12-18-8-6-14-5-7-17(23)13-20(14)25-18/h5-11,13,16H,2-4,12H2,1H3,(H2,24,26,27). The summed E-state index contributed by atoms with van der Waals surface area (Å²) in [5.41, 5.74) is 2.37. The molecular weight excluding hydrogens is 431 g/mol. The maximum absolute atomic E-state index is 11.8. The molecule has 2 aromatic carbocycles. The SMILES string of the molecule is COc1ccc(S(N)(=O)=O)c(CCCC(Cl)Cc2ccc3ccc(Cl)cc3n2)c1. The number of hydrogen-bond acceptors (Lipinski definition) is 4. The van der Waals surface area contributed by atoms with Gasteiger partial charge in [0.25, 0.3) is 0 Å². The number of primary sulfonamides is 1. The second-order valence-electron chi connectivity index (χ2n) is 6.85. The molecule has 1 aromatic heterocycles. The maximum Gasteiger partial charge on any atom is 0.238 e. The fourth-order valence-electron chi connectivity index (χ4n) is 3.24. The zero-order chi connectivity index (χ0) is 21.0. The molecule has 5 nitrogen and oxygen atoms in total. The van der Waals surface area contributed by atoms with E-state index in [1.54, 1.807) is 12.1 Å². The first-order valence-corrected chi connectivity index (χ1v) is 11.5. The Morgan fingerprint density at radius 1 is 1.14 bits per heavy atom. The van der Waals surface area contributed by atoms with Crippen LogP contribution in [0, 0.1) is 0 Å². The minimum absolute atomic E-state index is 0.123. The number of nitrogens with zero attached hydrogens (tertiary/aromatic N) is 1. The lowest BCUT2D eigenvalue weighted by Crippen LogP contribution is -2.15. The number of fused-ring (bicyclic) bond motifs is 1. The third-order valence-corrected chi connectivity index (χ3v) is 6.30. The van der Waals surface area contributed by atoms with E-state index in [1.807, 2.05) is 30.3 Å². The number of alkyl halides is 1. The number of ether oxygens (including phenoxy) is 1. The van der Waals surface area contributed by atoms with Gasteiger partial charge < -0.3 is 4.74 Å². The van der Waals surface area contributed by atoms with Gasteiger partial charge in [-0.15, -0.1) is 11.6 Å². The maximum atomic E-state index is 11.8. The Morgan fingerprint density at radius 2 is 1.90 bits per heavy atom. The van der Waals surface area contributed by atoms with Crippen molar-refractivity contribution in [3.05, 3.63) is 64.8 Å². The summed E-state index contributed by atoms with van der Waals surface area (Å²) in [7, 11) is -2.26. The Labute approximate surface area is 180 Å². The molecular formula is C21H22Cl2N2O3S. The lowest BCUT2D eigenvalue weighted by molar-refractivity contribution is 0.413. The van der Waals surface area contributed by atoms with Gasteiger partial charge in [-0.3, -0.25) is 4.98 Å². The highest BCUT2D eigenvalue weighted by atomic mass is 35.5. The summed E-state index contributed by atoms with van der Waals surface area (Å²) < 4.78 is 28.8. The van der Waals surface area contributed by atoms with Crippen LogP contribution < -0.4 is 9.88 Å². The van der Waals surface area contributed by atoms with Crippen LogP contribution in [0.15, 0.2) is 53.4 Å². The van der Waals surface area contributed by atoms with Crippen LogP contribution in [0.1, 0.15) is 24.1 Å². The molecule has 1 heterocycles. The molecule has 2 N–H and O–H groups in total. The predicted octanol–water partition coefficient (Wildman–Crippen LogP) is 4.72. The number of benzene rings is 2. The highest BCUT2D eigenvalue weighted by Crippen LogP contribution is 2.24. The van der Waals surface area contributed by atoms with E-state index in [1.165, 1.54) is 13.2 Å². The molecule has 0 saturated heterocycles. The molecule has 0 fully saturated rings. The Bertz CT molecular complexity index is 1120. The van der Waals surface area contributed by atoms with Gasteiger partial charge in [0.1, 0.15) is 5.75 Å². The average molecular weight is 453 g/mol. The first kappa shape index (κ1) is 21.8. The molecule has 1 unspecified atom stereocenters. The number of pyridine rings is 1. The minimum Gasteiger partial charge on any atom is -0.497 e. The van der Waals surface area contributed by atoms with Gasteiger partial charge >= 0.3 is 0 Å². The highest BCUT2D eigenvalue weighted by Gasteiger charge is 2.15. The zero-order valence-corrected chi connectivity index (χ0v) is 18.3. The van der Waals surface area contributed by atoms with Gasteiger partial charge in [-0.2, -0.15) is 0 Å². The summed E-state index contributed by atoms with van der Waals surface area (Å²) >= 11 is 12.6. The van der Waals surface area contributed by atoms with E-state index in [4.69, 9.17) is 33.1 Å². The third-order valence-electron chi connectivity index (χ3n) is 4.68. The van der Waals surface area contributed by atoms with Gasteiger partial charge in [-0.25, -0.2) is 13.6 Å². The smallest absolute Gasteiger partial charge is 0.238 e. The van der Waals surface area contributed by atoms with Gasteiger partial charge in [0.2, 0.25) is 10.0 Å². The lowest BCUT2D eigenvalue weighted by Gasteiger charge is -2.12. The van der Waals surface area contributed by atoms with E-state index in [2.05, 4.69) is 4.98 Å². The quantitative estimate of drug-likeness (QED) is 0.501. The predicted molar refractivity (Wildman–Crippen MR) is 117 cm³/mol. The van der Waals surface area contributed by atoms with Gasteiger partial charge in [0.15, 0.2) is 0 Å². The van der Waals surface area contributed by atoms with Crippen LogP contribution in [0.25, 0.3) is 10.9 Å². The fraction of sp³-hybridized carbons (Fsp3) is 0.286. The topological polar surface area (TPSA) is 82.3 Å². The Hall–Kier alpha value is -1.86. The molecule has 0 amide bonds. The zero-order valence-electron chi connectivity index (χ0n) is 15.9. The van der Waals surface area contributed by atoms with E-state index >= 15 is 0 Å². The summed E-state index contributed by atoms with van der Waals surface area (Å²) in [5, 5.41) is 6.88. The first-order valence-electron chi connectivity index (χ1n) is 9.15. The van der Waals surface area contributed by atoms with E-state index in [0.717, 1.165) is 16.6 Å². The first-order chi connectivity index (χ1) is 13.8. The fourth-order valence-corrected chi connectivity index (χ4v) is 4.51. The van der Waals surface area contributed by atoms with Crippen molar-refractivity contribution in [2.45, 2.75) is 36.0 Å². The number of nitrogens with two attached hydrogens (primary N) is 1. The van der Waals surface area contributed by atoms with Crippen LogP contribution in [-0.4, -0.2) is 25.9 Å². The monoisotopic (exact) mass is 452 g/mol.